The van der Waals surface area contributed by atoms with Crippen molar-refractivity contribution in [2.75, 3.05) is 27.0 Å². The van der Waals surface area contributed by atoms with Gasteiger partial charge in [-0.25, -0.2) is 8.42 Å². The van der Waals surface area contributed by atoms with Crippen LogP contribution in [0.15, 0.2) is 17.0 Å². The highest BCUT2D eigenvalue weighted by molar-refractivity contribution is 7.90. The molecule has 0 bridgehead atoms. The first-order valence-electron chi connectivity index (χ1n) is 5.42. The van der Waals surface area contributed by atoms with Crippen LogP contribution in [0.25, 0.3) is 0 Å². The van der Waals surface area contributed by atoms with E-state index in [1.54, 1.807) is 13.2 Å². The lowest BCUT2D eigenvalue weighted by Crippen LogP contribution is -2.13. The molecule has 0 aromatic heterocycles. The van der Waals surface area contributed by atoms with Gasteiger partial charge in [0.05, 0.1) is 12.0 Å². The first kappa shape index (κ1) is 14.0. The van der Waals surface area contributed by atoms with E-state index < -0.39 is 9.84 Å². The van der Waals surface area contributed by atoms with Crippen LogP contribution >= 0.6 is 0 Å². The van der Waals surface area contributed by atoms with E-state index in [-0.39, 0.29) is 0 Å². The molecule has 0 atom stereocenters. The molecule has 1 aromatic carbocycles. The number of methoxy groups -OCH3 is 1. The Morgan fingerprint density at radius 3 is 2.47 bits per heavy atom. The average molecular weight is 257 g/mol. The van der Waals surface area contributed by atoms with Gasteiger partial charge in [-0.1, -0.05) is 0 Å². The summed E-state index contributed by atoms with van der Waals surface area (Å²) in [6.45, 7) is 2.57. The number of sulfone groups is 1. The zero-order chi connectivity index (χ0) is 13.1. The van der Waals surface area contributed by atoms with Crippen LogP contribution in [0.1, 0.15) is 11.1 Å². The highest BCUT2D eigenvalue weighted by atomic mass is 32.2. The molecule has 0 spiro atoms. The molecule has 0 fully saturated rings. The van der Waals surface area contributed by atoms with Gasteiger partial charge in [-0.15, -0.1) is 0 Å². The minimum absolute atomic E-state index is 0.394. The second kappa shape index (κ2) is 5.51. The highest BCUT2D eigenvalue weighted by Gasteiger charge is 2.15. The number of ether oxygens (including phenoxy) is 1. The molecule has 1 aromatic rings. The number of hydrogen-bond acceptors (Lipinski definition) is 4. The van der Waals surface area contributed by atoms with Gasteiger partial charge in [-0.3, -0.25) is 0 Å². The van der Waals surface area contributed by atoms with Crippen molar-refractivity contribution in [1.29, 1.82) is 0 Å². The largest absolute Gasteiger partial charge is 0.496 e. The van der Waals surface area contributed by atoms with Gasteiger partial charge in [0.1, 0.15) is 5.75 Å². The summed E-state index contributed by atoms with van der Waals surface area (Å²) in [6.07, 6.45) is 1.90. The Balaban J connectivity index is 3.31. The zero-order valence-corrected chi connectivity index (χ0v) is 11.5. The molecule has 0 aliphatic rings. The lowest BCUT2D eigenvalue weighted by atomic mass is 10.1. The lowest BCUT2D eigenvalue weighted by molar-refractivity contribution is 0.410. The molecule has 4 nitrogen and oxygen atoms in total. The van der Waals surface area contributed by atoms with Crippen molar-refractivity contribution >= 4 is 9.84 Å². The maximum Gasteiger partial charge on any atom is 0.175 e. The molecule has 17 heavy (non-hydrogen) atoms. The monoisotopic (exact) mass is 257 g/mol. The van der Waals surface area contributed by atoms with Crippen LogP contribution in [-0.4, -0.2) is 35.4 Å². The predicted octanol–water partition coefficient (Wildman–Crippen LogP) is 1.17. The van der Waals surface area contributed by atoms with Crippen LogP contribution in [0.4, 0.5) is 0 Å². The van der Waals surface area contributed by atoms with Gasteiger partial charge < -0.3 is 10.1 Å². The van der Waals surface area contributed by atoms with E-state index in [2.05, 4.69) is 5.32 Å². The molecule has 0 unspecified atom stereocenters. The summed E-state index contributed by atoms with van der Waals surface area (Å²) in [5, 5.41) is 3.01. The third-order valence-electron chi connectivity index (χ3n) is 2.62. The first-order chi connectivity index (χ1) is 7.90. The van der Waals surface area contributed by atoms with Crippen molar-refractivity contribution in [3.8, 4) is 5.75 Å². The fourth-order valence-electron chi connectivity index (χ4n) is 1.72. The van der Waals surface area contributed by atoms with E-state index in [0.29, 0.717) is 11.3 Å². The number of rotatable bonds is 5. The van der Waals surface area contributed by atoms with E-state index in [1.165, 1.54) is 6.26 Å². The van der Waals surface area contributed by atoms with Crippen LogP contribution in [0.3, 0.4) is 0 Å². The number of benzene rings is 1. The number of likely N-dealkylation sites (N-methyl/N-ethyl adjacent to an activating group) is 1. The summed E-state index contributed by atoms with van der Waals surface area (Å²) >= 11 is 0. The fourth-order valence-corrected chi connectivity index (χ4v) is 2.75. The average Bonchev–Trinajstić information content (AvgIpc) is 2.25. The topological polar surface area (TPSA) is 55.4 Å². The maximum atomic E-state index is 11.7. The van der Waals surface area contributed by atoms with E-state index in [1.807, 2.05) is 20.0 Å². The van der Waals surface area contributed by atoms with Gasteiger partial charge in [0.15, 0.2) is 9.84 Å². The Morgan fingerprint density at radius 2 is 2.00 bits per heavy atom. The van der Waals surface area contributed by atoms with Crippen molar-refractivity contribution in [2.45, 2.75) is 18.2 Å². The molecule has 0 heterocycles. The van der Waals surface area contributed by atoms with Gasteiger partial charge >= 0.3 is 0 Å². The Hall–Kier alpha value is -1.07. The van der Waals surface area contributed by atoms with Crippen molar-refractivity contribution in [3.05, 3.63) is 23.3 Å². The molecular weight excluding hydrogens is 238 g/mol. The molecule has 1 N–H and O–H groups in total. The third kappa shape index (κ3) is 3.44. The minimum atomic E-state index is -3.19. The number of nitrogens with one attached hydrogen (secondary N) is 1. The Labute approximate surface area is 103 Å². The summed E-state index contributed by atoms with van der Waals surface area (Å²) in [6, 6.07) is 3.49. The summed E-state index contributed by atoms with van der Waals surface area (Å²) in [7, 11) is 0.232. The molecule has 0 aliphatic heterocycles. The van der Waals surface area contributed by atoms with Crippen LogP contribution in [-0.2, 0) is 16.3 Å². The number of hydrogen-bond donors (Lipinski definition) is 1. The predicted molar refractivity (Wildman–Crippen MR) is 68.5 cm³/mol. The summed E-state index contributed by atoms with van der Waals surface area (Å²) < 4.78 is 28.6. The normalized spacial score (nSPS) is 11.5. The molecule has 5 heteroatoms. The maximum absolute atomic E-state index is 11.7. The van der Waals surface area contributed by atoms with E-state index in [0.717, 1.165) is 23.4 Å². The zero-order valence-electron chi connectivity index (χ0n) is 10.7. The third-order valence-corrected chi connectivity index (χ3v) is 3.80. The van der Waals surface area contributed by atoms with Crippen molar-refractivity contribution in [1.82, 2.24) is 5.32 Å². The van der Waals surface area contributed by atoms with Crippen LogP contribution < -0.4 is 10.1 Å². The number of aryl methyl sites for hydroxylation is 1. The minimum Gasteiger partial charge on any atom is -0.496 e. The van der Waals surface area contributed by atoms with Gasteiger partial charge in [0.2, 0.25) is 0 Å². The van der Waals surface area contributed by atoms with Crippen molar-refractivity contribution < 1.29 is 13.2 Å². The van der Waals surface area contributed by atoms with E-state index >= 15 is 0 Å². The standard InChI is InChI=1S/C12H19NO3S/c1-9-7-12(17(4,14)15)10(5-6-13-2)8-11(9)16-3/h7-8,13H,5-6H2,1-4H3. The molecule has 0 amide bonds. The summed E-state index contributed by atoms with van der Waals surface area (Å²) in [5.41, 5.74) is 1.63. The van der Waals surface area contributed by atoms with Gasteiger partial charge in [0, 0.05) is 6.26 Å². The van der Waals surface area contributed by atoms with Gasteiger partial charge in [-0.05, 0) is 50.2 Å². The smallest absolute Gasteiger partial charge is 0.175 e. The highest BCUT2D eigenvalue weighted by Crippen LogP contribution is 2.26. The molecule has 96 valence electrons. The van der Waals surface area contributed by atoms with E-state index in [4.69, 9.17) is 4.74 Å². The summed E-state index contributed by atoms with van der Waals surface area (Å²) in [4.78, 5) is 0.394. The van der Waals surface area contributed by atoms with Crippen LogP contribution in [0.2, 0.25) is 0 Å². The van der Waals surface area contributed by atoms with Crippen LogP contribution in [0, 0.1) is 6.92 Å². The SMILES string of the molecule is CNCCc1cc(OC)c(C)cc1S(C)(=O)=O. The quantitative estimate of drug-likeness (QED) is 0.860. The Bertz CT molecular complexity index is 495. The van der Waals surface area contributed by atoms with Crippen molar-refractivity contribution in [2.24, 2.45) is 0 Å². The molecule has 0 saturated carbocycles. The van der Waals surface area contributed by atoms with E-state index in [9.17, 15) is 8.42 Å². The van der Waals surface area contributed by atoms with Crippen molar-refractivity contribution in [3.63, 3.8) is 0 Å². The Kier molecular flexibility index (Phi) is 4.54. The molecule has 0 radical (unpaired) electrons. The second-order valence-electron chi connectivity index (χ2n) is 4.06. The fraction of sp³-hybridized carbons (Fsp3) is 0.500. The molecule has 0 aliphatic carbocycles. The van der Waals surface area contributed by atoms with Gasteiger partial charge in [-0.2, -0.15) is 0 Å². The summed E-state index contributed by atoms with van der Waals surface area (Å²) in [5.74, 6) is 0.725. The Morgan fingerprint density at radius 1 is 1.35 bits per heavy atom. The molecule has 0 saturated heterocycles. The lowest BCUT2D eigenvalue weighted by Gasteiger charge is -2.12. The van der Waals surface area contributed by atoms with Gasteiger partial charge in [0.25, 0.3) is 0 Å². The second-order valence-corrected chi connectivity index (χ2v) is 6.04. The molecule has 1 rings (SSSR count). The first-order valence-corrected chi connectivity index (χ1v) is 7.31. The van der Waals surface area contributed by atoms with Crippen LogP contribution in [0.5, 0.6) is 5.75 Å². The molecular formula is C12H19NO3S.